The highest BCUT2D eigenvalue weighted by molar-refractivity contribution is 5.18. The highest BCUT2D eigenvalue weighted by Crippen LogP contribution is 2.50. The van der Waals surface area contributed by atoms with Gasteiger partial charge >= 0.3 is 6.18 Å². The van der Waals surface area contributed by atoms with Crippen LogP contribution in [-0.4, -0.2) is 16.7 Å². The summed E-state index contributed by atoms with van der Waals surface area (Å²) < 4.78 is 38.1. The quantitative estimate of drug-likeness (QED) is 0.863. The van der Waals surface area contributed by atoms with E-state index in [4.69, 9.17) is 0 Å². The van der Waals surface area contributed by atoms with Crippen LogP contribution in [0.15, 0.2) is 24.5 Å². The first-order valence-electron chi connectivity index (χ1n) is 5.19. The maximum Gasteiger partial charge on any atom is 0.406 e. The summed E-state index contributed by atoms with van der Waals surface area (Å²) >= 11 is 0. The van der Waals surface area contributed by atoms with Gasteiger partial charge in [0.05, 0.1) is 0 Å². The lowest BCUT2D eigenvalue weighted by molar-refractivity contribution is -0.167. The normalized spacial score (nSPS) is 20.5. The molecule has 0 bridgehead atoms. The summed E-state index contributed by atoms with van der Waals surface area (Å²) in [4.78, 5) is 3.84. The fourth-order valence-corrected chi connectivity index (χ4v) is 1.78. The Balaban J connectivity index is 2.06. The summed E-state index contributed by atoms with van der Waals surface area (Å²) in [6, 6.07) is 3.14. The maximum absolute atomic E-state index is 12.7. The molecule has 1 aromatic heterocycles. The van der Waals surface area contributed by atoms with Crippen molar-refractivity contribution in [2.24, 2.45) is 0 Å². The van der Waals surface area contributed by atoms with E-state index in [2.05, 4.69) is 10.3 Å². The van der Waals surface area contributed by atoms with Gasteiger partial charge in [0, 0.05) is 18.4 Å². The Hall–Kier alpha value is -1.10. The van der Waals surface area contributed by atoms with Gasteiger partial charge in [-0.1, -0.05) is 0 Å². The Kier molecular flexibility index (Phi) is 2.66. The minimum absolute atomic E-state index is 0.173. The predicted molar refractivity (Wildman–Crippen MR) is 53.8 cm³/mol. The molecule has 0 saturated heterocycles. The summed E-state index contributed by atoms with van der Waals surface area (Å²) in [6.07, 6.45) is -0.645. The summed E-state index contributed by atoms with van der Waals surface area (Å²) in [5.41, 5.74) is -0.832. The Morgan fingerprint density at radius 2 is 1.88 bits per heavy atom. The molecule has 1 saturated carbocycles. The van der Waals surface area contributed by atoms with Gasteiger partial charge in [-0.3, -0.25) is 10.3 Å². The molecule has 1 aromatic rings. The van der Waals surface area contributed by atoms with Crippen LogP contribution >= 0.6 is 0 Å². The zero-order chi connectivity index (χ0) is 11.8. The van der Waals surface area contributed by atoms with Gasteiger partial charge in [-0.05, 0) is 37.5 Å². The van der Waals surface area contributed by atoms with Crippen LogP contribution in [0.3, 0.4) is 0 Å². The molecule has 1 N–H and O–H groups in total. The molecule has 0 amide bonds. The highest BCUT2D eigenvalue weighted by atomic mass is 19.4. The van der Waals surface area contributed by atoms with Crippen molar-refractivity contribution in [2.75, 3.05) is 0 Å². The van der Waals surface area contributed by atoms with Gasteiger partial charge in [-0.15, -0.1) is 0 Å². The van der Waals surface area contributed by atoms with Crippen molar-refractivity contribution < 1.29 is 13.2 Å². The number of alkyl halides is 3. The minimum atomic E-state index is -4.16. The van der Waals surface area contributed by atoms with Crippen LogP contribution < -0.4 is 5.32 Å². The second kappa shape index (κ2) is 3.73. The number of hydrogen-bond acceptors (Lipinski definition) is 2. The van der Waals surface area contributed by atoms with Crippen LogP contribution in [-0.2, 0) is 0 Å². The summed E-state index contributed by atoms with van der Waals surface area (Å²) in [5.74, 6) is 0. The number of aromatic nitrogens is 1. The standard InChI is InChI=1S/C11H13F3N2/c1-8(9-2-6-15-7-3-9)16-10(4-5-10)11(12,13)14/h2-3,6-8,16H,4-5H2,1H3. The molecule has 1 atom stereocenters. The first kappa shape index (κ1) is 11.4. The van der Waals surface area contributed by atoms with Crippen molar-refractivity contribution in [1.82, 2.24) is 10.3 Å². The second-order valence-electron chi connectivity index (χ2n) is 4.23. The van der Waals surface area contributed by atoms with E-state index in [1.165, 1.54) is 0 Å². The summed E-state index contributed by atoms with van der Waals surface area (Å²) in [7, 11) is 0. The molecule has 1 aliphatic rings. The van der Waals surface area contributed by atoms with Crippen molar-refractivity contribution in [3.05, 3.63) is 30.1 Å². The van der Waals surface area contributed by atoms with E-state index < -0.39 is 11.7 Å². The van der Waals surface area contributed by atoms with Gasteiger partial charge < -0.3 is 0 Å². The summed E-state index contributed by atoms with van der Waals surface area (Å²) in [6.45, 7) is 1.74. The lowest BCUT2D eigenvalue weighted by Gasteiger charge is -2.25. The van der Waals surface area contributed by atoms with Gasteiger partial charge in [0.2, 0.25) is 0 Å². The van der Waals surface area contributed by atoms with Crippen LogP contribution in [0.2, 0.25) is 0 Å². The Labute approximate surface area is 91.9 Å². The number of nitrogens with zero attached hydrogens (tertiary/aromatic N) is 1. The number of rotatable bonds is 3. The average Bonchev–Trinajstić information content (AvgIpc) is 2.99. The highest BCUT2D eigenvalue weighted by Gasteiger charge is 2.63. The molecule has 2 nitrogen and oxygen atoms in total. The van der Waals surface area contributed by atoms with Gasteiger partial charge in [-0.2, -0.15) is 13.2 Å². The maximum atomic E-state index is 12.7. The minimum Gasteiger partial charge on any atom is -0.297 e. The fourth-order valence-electron chi connectivity index (χ4n) is 1.78. The number of pyridine rings is 1. The third-order valence-corrected chi connectivity index (χ3v) is 2.99. The average molecular weight is 230 g/mol. The third-order valence-electron chi connectivity index (χ3n) is 2.99. The molecule has 5 heteroatoms. The largest absolute Gasteiger partial charge is 0.406 e. The summed E-state index contributed by atoms with van der Waals surface area (Å²) in [5, 5.41) is 2.67. The molecular formula is C11H13F3N2. The first-order chi connectivity index (χ1) is 7.45. The molecule has 0 aromatic carbocycles. The van der Waals surface area contributed by atoms with Crippen molar-refractivity contribution in [3.63, 3.8) is 0 Å². The van der Waals surface area contributed by atoms with Crippen LogP contribution in [0.5, 0.6) is 0 Å². The Morgan fingerprint density at radius 3 is 2.31 bits per heavy atom. The molecule has 1 unspecified atom stereocenters. The lowest BCUT2D eigenvalue weighted by Crippen LogP contribution is -2.45. The van der Waals surface area contributed by atoms with E-state index in [0.717, 1.165) is 5.56 Å². The van der Waals surface area contributed by atoms with E-state index in [9.17, 15) is 13.2 Å². The van der Waals surface area contributed by atoms with Crippen molar-refractivity contribution in [2.45, 2.75) is 37.5 Å². The van der Waals surface area contributed by atoms with Gasteiger partial charge in [0.25, 0.3) is 0 Å². The molecule has 1 fully saturated rings. The SMILES string of the molecule is CC(NC1(C(F)(F)F)CC1)c1ccncc1. The van der Waals surface area contributed by atoms with E-state index in [-0.39, 0.29) is 18.9 Å². The number of hydrogen-bond donors (Lipinski definition) is 1. The number of halogens is 3. The van der Waals surface area contributed by atoms with Crippen LogP contribution in [0.25, 0.3) is 0 Å². The molecule has 0 aliphatic heterocycles. The molecule has 88 valence electrons. The van der Waals surface area contributed by atoms with Gasteiger partial charge in [0.1, 0.15) is 5.54 Å². The zero-order valence-corrected chi connectivity index (χ0v) is 8.88. The third kappa shape index (κ3) is 2.04. The van der Waals surface area contributed by atoms with E-state index in [1.54, 1.807) is 31.5 Å². The molecular weight excluding hydrogens is 217 g/mol. The van der Waals surface area contributed by atoms with Gasteiger partial charge in [-0.25, -0.2) is 0 Å². The van der Waals surface area contributed by atoms with Crippen LogP contribution in [0, 0.1) is 0 Å². The molecule has 0 radical (unpaired) electrons. The van der Waals surface area contributed by atoms with Crippen molar-refractivity contribution in [3.8, 4) is 0 Å². The molecule has 1 aliphatic carbocycles. The fraction of sp³-hybridized carbons (Fsp3) is 0.545. The van der Waals surface area contributed by atoms with E-state index >= 15 is 0 Å². The van der Waals surface area contributed by atoms with Crippen LogP contribution in [0.1, 0.15) is 31.4 Å². The van der Waals surface area contributed by atoms with Crippen LogP contribution in [0.4, 0.5) is 13.2 Å². The zero-order valence-electron chi connectivity index (χ0n) is 8.88. The lowest BCUT2D eigenvalue weighted by atomic mass is 10.1. The van der Waals surface area contributed by atoms with E-state index in [1.807, 2.05) is 0 Å². The van der Waals surface area contributed by atoms with Crippen molar-refractivity contribution in [1.29, 1.82) is 0 Å². The predicted octanol–water partition coefficient (Wildman–Crippen LogP) is 2.83. The monoisotopic (exact) mass is 230 g/mol. The molecule has 2 rings (SSSR count). The number of nitrogens with one attached hydrogen (secondary N) is 1. The molecule has 16 heavy (non-hydrogen) atoms. The Bertz CT molecular complexity index is 357. The molecule has 1 heterocycles. The second-order valence-corrected chi connectivity index (χ2v) is 4.23. The topological polar surface area (TPSA) is 24.9 Å². The van der Waals surface area contributed by atoms with Gasteiger partial charge in [0.15, 0.2) is 0 Å². The smallest absolute Gasteiger partial charge is 0.297 e. The van der Waals surface area contributed by atoms with Crippen molar-refractivity contribution >= 4 is 0 Å². The van der Waals surface area contributed by atoms with E-state index in [0.29, 0.717) is 0 Å². The first-order valence-corrected chi connectivity index (χ1v) is 5.19. The Morgan fingerprint density at radius 1 is 1.31 bits per heavy atom. The molecule has 0 spiro atoms.